The van der Waals surface area contributed by atoms with Gasteiger partial charge in [-0.25, -0.2) is 4.79 Å². The van der Waals surface area contributed by atoms with Crippen LogP contribution in [0.5, 0.6) is 0 Å². The molecular formula is C14H26N2O4. The summed E-state index contributed by atoms with van der Waals surface area (Å²) in [6.07, 6.45) is 0.949. The molecule has 1 aliphatic carbocycles. The fraction of sp³-hybridized carbons (Fsp3) is 0.857. The summed E-state index contributed by atoms with van der Waals surface area (Å²) in [5.74, 6) is -0.932. The first-order valence-electron chi connectivity index (χ1n) is 7.00. The third kappa shape index (κ3) is 3.62. The SMILES string of the molecule is CCOC1CC(NC(=O)NCC(C)(C)C(=O)O)C1(C)C. The van der Waals surface area contributed by atoms with Gasteiger partial charge in [0.15, 0.2) is 0 Å². The summed E-state index contributed by atoms with van der Waals surface area (Å²) in [7, 11) is 0. The minimum absolute atomic E-state index is 0.0481. The molecular weight excluding hydrogens is 260 g/mol. The maximum Gasteiger partial charge on any atom is 0.315 e. The molecule has 20 heavy (non-hydrogen) atoms. The molecule has 0 saturated heterocycles. The molecule has 0 aromatic carbocycles. The van der Waals surface area contributed by atoms with Gasteiger partial charge in [-0.15, -0.1) is 0 Å². The van der Waals surface area contributed by atoms with Crippen molar-refractivity contribution in [1.29, 1.82) is 0 Å². The van der Waals surface area contributed by atoms with Gasteiger partial charge in [0.05, 0.1) is 11.5 Å². The second-order valence-electron chi connectivity index (χ2n) is 6.57. The van der Waals surface area contributed by atoms with Crippen LogP contribution in [0.2, 0.25) is 0 Å². The lowest BCUT2D eigenvalue weighted by molar-refractivity contribution is -0.146. The van der Waals surface area contributed by atoms with Gasteiger partial charge in [0.25, 0.3) is 0 Å². The van der Waals surface area contributed by atoms with Crippen LogP contribution in [0.3, 0.4) is 0 Å². The number of carboxylic acid groups (broad SMARTS) is 1. The average Bonchev–Trinajstić information content (AvgIpc) is 2.35. The summed E-state index contributed by atoms with van der Waals surface area (Å²) >= 11 is 0. The molecule has 1 fully saturated rings. The van der Waals surface area contributed by atoms with E-state index in [4.69, 9.17) is 9.84 Å². The fourth-order valence-corrected chi connectivity index (χ4v) is 2.20. The van der Waals surface area contributed by atoms with Gasteiger partial charge in [0.2, 0.25) is 0 Å². The number of hydrogen-bond acceptors (Lipinski definition) is 3. The van der Waals surface area contributed by atoms with Crippen molar-refractivity contribution in [2.24, 2.45) is 10.8 Å². The minimum atomic E-state index is -0.972. The van der Waals surface area contributed by atoms with Crippen LogP contribution in [0.4, 0.5) is 4.79 Å². The molecule has 0 radical (unpaired) electrons. The van der Waals surface area contributed by atoms with Crippen LogP contribution in [0.25, 0.3) is 0 Å². The van der Waals surface area contributed by atoms with Crippen LogP contribution in [0.15, 0.2) is 0 Å². The summed E-state index contributed by atoms with van der Waals surface area (Å²) in [5.41, 5.74) is -1.07. The van der Waals surface area contributed by atoms with Gasteiger partial charge in [-0.1, -0.05) is 13.8 Å². The van der Waals surface area contributed by atoms with Crippen molar-refractivity contribution >= 4 is 12.0 Å². The molecule has 0 aromatic heterocycles. The number of urea groups is 1. The maximum absolute atomic E-state index is 11.8. The van der Waals surface area contributed by atoms with E-state index in [1.54, 1.807) is 13.8 Å². The molecule has 1 saturated carbocycles. The number of rotatable bonds is 6. The van der Waals surface area contributed by atoms with E-state index in [9.17, 15) is 9.59 Å². The zero-order valence-electron chi connectivity index (χ0n) is 12.9. The lowest BCUT2D eigenvalue weighted by atomic mass is 9.64. The summed E-state index contributed by atoms with van der Waals surface area (Å²) in [6, 6.07) is -0.278. The summed E-state index contributed by atoms with van der Waals surface area (Å²) in [4.78, 5) is 22.8. The van der Waals surface area contributed by atoms with E-state index in [0.29, 0.717) is 6.61 Å². The quantitative estimate of drug-likeness (QED) is 0.692. The van der Waals surface area contributed by atoms with Crippen molar-refractivity contribution in [1.82, 2.24) is 10.6 Å². The average molecular weight is 286 g/mol. The van der Waals surface area contributed by atoms with E-state index < -0.39 is 11.4 Å². The molecule has 6 heteroatoms. The van der Waals surface area contributed by atoms with Gasteiger partial charge in [-0.3, -0.25) is 4.79 Å². The Kier molecular flexibility index (Phi) is 5.02. The predicted molar refractivity (Wildman–Crippen MR) is 75.6 cm³/mol. The molecule has 2 amide bonds. The first kappa shape index (κ1) is 16.8. The monoisotopic (exact) mass is 286 g/mol. The van der Waals surface area contributed by atoms with Crippen LogP contribution in [-0.4, -0.2) is 42.4 Å². The Bertz CT molecular complexity index is 379. The first-order chi connectivity index (χ1) is 9.11. The Morgan fingerprint density at radius 3 is 2.45 bits per heavy atom. The standard InChI is InChI=1S/C14H26N2O4/c1-6-20-10-7-9(14(10,4)5)16-12(19)15-8-13(2,3)11(17)18/h9-10H,6-8H2,1-5H3,(H,17,18)(H2,15,16,19). The first-order valence-corrected chi connectivity index (χ1v) is 7.00. The smallest absolute Gasteiger partial charge is 0.315 e. The molecule has 2 unspecified atom stereocenters. The van der Waals surface area contributed by atoms with Crippen molar-refractivity contribution in [3.8, 4) is 0 Å². The summed E-state index contributed by atoms with van der Waals surface area (Å²) in [6.45, 7) is 9.99. The minimum Gasteiger partial charge on any atom is -0.481 e. The highest BCUT2D eigenvalue weighted by molar-refractivity contribution is 5.77. The number of aliphatic carboxylic acids is 1. The Morgan fingerprint density at radius 1 is 1.40 bits per heavy atom. The highest BCUT2D eigenvalue weighted by Gasteiger charge is 2.49. The lowest BCUT2D eigenvalue weighted by Gasteiger charge is -2.51. The van der Waals surface area contributed by atoms with E-state index in [0.717, 1.165) is 6.42 Å². The molecule has 3 N–H and O–H groups in total. The number of hydrogen-bond donors (Lipinski definition) is 3. The molecule has 1 aliphatic rings. The molecule has 0 aromatic rings. The Labute approximate surface area is 120 Å². The Hall–Kier alpha value is -1.30. The molecule has 2 atom stereocenters. The number of amides is 2. The summed E-state index contributed by atoms with van der Waals surface area (Å²) < 4.78 is 5.60. The number of nitrogens with one attached hydrogen (secondary N) is 2. The van der Waals surface area contributed by atoms with Gasteiger partial charge in [0.1, 0.15) is 0 Å². The van der Waals surface area contributed by atoms with E-state index >= 15 is 0 Å². The molecule has 1 rings (SSSR count). The van der Waals surface area contributed by atoms with Crippen molar-refractivity contribution in [3.63, 3.8) is 0 Å². The van der Waals surface area contributed by atoms with Crippen molar-refractivity contribution in [3.05, 3.63) is 0 Å². The third-order valence-corrected chi connectivity index (χ3v) is 4.12. The molecule has 0 aliphatic heterocycles. The van der Waals surface area contributed by atoms with Gasteiger partial charge < -0.3 is 20.5 Å². The van der Waals surface area contributed by atoms with Crippen molar-refractivity contribution in [2.75, 3.05) is 13.2 Å². The predicted octanol–water partition coefficient (Wildman–Crippen LogP) is 1.60. The van der Waals surface area contributed by atoms with Crippen molar-refractivity contribution < 1.29 is 19.4 Å². The molecule has 116 valence electrons. The lowest BCUT2D eigenvalue weighted by Crippen LogP contribution is -2.63. The van der Waals surface area contributed by atoms with Gasteiger partial charge >= 0.3 is 12.0 Å². The van der Waals surface area contributed by atoms with Crippen molar-refractivity contribution in [2.45, 2.75) is 53.2 Å². The molecule has 6 nitrogen and oxygen atoms in total. The largest absolute Gasteiger partial charge is 0.481 e. The maximum atomic E-state index is 11.8. The zero-order chi connectivity index (χ0) is 15.6. The number of carbonyl (C=O) groups excluding carboxylic acids is 1. The summed E-state index contributed by atoms with van der Waals surface area (Å²) in [5, 5.41) is 14.5. The second kappa shape index (κ2) is 5.99. The van der Waals surface area contributed by atoms with Gasteiger partial charge in [-0.05, 0) is 27.2 Å². The number of ether oxygens (including phenoxy) is 1. The van der Waals surface area contributed by atoms with Gasteiger partial charge in [-0.2, -0.15) is 0 Å². The third-order valence-electron chi connectivity index (χ3n) is 4.12. The van der Waals surface area contributed by atoms with Crippen LogP contribution < -0.4 is 10.6 Å². The normalized spacial score (nSPS) is 24.6. The Morgan fingerprint density at radius 2 is 2.00 bits per heavy atom. The highest BCUT2D eigenvalue weighted by atomic mass is 16.5. The topological polar surface area (TPSA) is 87.7 Å². The van der Waals surface area contributed by atoms with E-state index in [1.165, 1.54) is 0 Å². The van der Waals surface area contributed by atoms with Crippen LogP contribution in [0, 0.1) is 10.8 Å². The zero-order valence-corrected chi connectivity index (χ0v) is 12.9. The van der Waals surface area contributed by atoms with E-state index in [1.807, 2.05) is 6.92 Å². The molecule has 0 spiro atoms. The highest BCUT2D eigenvalue weighted by Crippen LogP contribution is 2.42. The van der Waals surface area contributed by atoms with Crippen LogP contribution in [-0.2, 0) is 9.53 Å². The fourth-order valence-electron chi connectivity index (χ4n) is 2.20. The van der Waals surface area contributed by atoms with Crippen LogP contribution >= 0.6 is 0 Å². The van der Waals surface area contributed by atoms with Crippen LogP contribution in [0.1, 0.15) is 41.0 Å². The second-order valence-corrected chi connectivity index (χ2v) is 6.57. The number of carboxylic acids is 1. The Balaban J connectivity index is 2.40. The number of carbonyl (C=O) groups is 2. The van der Waals surface area contributed by atoms with Gasteiger partial charge in [0, 0.05) is 24.6 Å². The molecule has 0 heterocycles. The van der Waals surface area contributed by atoms with E-state index in [2.05, 4.69) is 24.5 Å². The molecule has 0 bridgehead atoms. The van der Waals surface area contributed by atoms with E-state index in [-0.39, 0.29) is 30.1 Å².